The van der Waals surface area contributed by atoms with Gasteiger partial charge in [0.1, 0.15) is 5.82 Å². The summed E-state index contributed by atoms with van der Waals surface area (Å²) in [7, 11) is 0. The number of nitrogens with one attached hydrogen (secondary N) is 2. The molecule has 2 heterocycles. The number of carbonyl (C=O) groups excluding carboxylic acids is 2. The van der Waals surface area contributed by atoms with E-state index in [4.69, 9.17) is 9.47 Å². The highest BCUT2D eigenvalue weighted by atomic mass is 16.7. The van der Waals surface area contributed by atoms with Crippen molar-refractivity contribution in [2.24, 2.45) is 0 Å². The molecule has 0 atom stereocenters. The van der Waals surface area contributed by atoms with Crippen molar-refractivity contribution in [3.05, 3.63) is 48.2 Å². The molecule has 0 spiro atoms. The molecule has 0 bridgehead atoms. The fraction of sp³-hybridized carbons (Fsp3) is 0.278. The van der Waals surface area contributed by atoms with E-state index < -0.39 is 0 Å². The molecule has 7 heteroatoms. The third kappa shape index (κ3) is 4.94. The second kappa shape index (κ2) is 8.14. The average molecular weight is 341 g/mol. The third-order valence-corrected chi connectivity index (χ3v) is 3.67. The topological polar surface area (TPSA) is 89.6 Å². The Hall–Kier alpha value is -3.09. The van der Waals surface area contributed by atoms with E-state index in [1.807, 2.05) is 18.2 Å². The van der Waals surface area contributed by atoms with Gasteiger partial charge >= 0.3 is 0 Å². The summed E-state index contributed by atoms with van der Waals surface area (Å²) < 4.78 is 10.5. The Morgan fingerprint density at radius 2 is 1.88 bits per heavy atom. The van der Waals surface area contributed by atoms with E-state index in [-0.39, 0.29) is 25.0 Å². The number of hydrogen-bond donors (Lipinski definition) is 2. The van der Waals surface area contributed by atoms with Crippen LogP contribution in [0.5, 0.6) is 11.5 Å². The molecule has 2 aromatic rings. The Morgan fingerprint density at radius 1 is 1.04 bits per heavy atom. The summed E-state index contributed by atoms with van der Waals surface area (Å²) >= 11 is 0. The van der Waals surface area contributed by atoms with Crippen LogP contribution in [0.25, 0.3) is 0 Å². The van der Waals surface area contributed by atoms with Gasteiger partial charge < -0.3 is 20.1 Å². The van der Waals surface area contributed by atoms with Gasteiger partial charge in [-0.15, -0.1) is 0 Å². The molecule has 1 aromatic carbocycles. The van der Waals surface area contributed by atoms with Crippen LogP contribution in [0.4, 0.5) is 5.82 Å². The molecule has 2 N–H and O–H groups in total. The molecule has 7 nitrogen and oxygen atoms in total. The molecule has 0 radical (unpaired) electrons. The van der Waals surface area contributed by atoms with Crippen LogP contribution >= 0.6 is 0 Å². The highest BCUT2D eigenvalue weighted by Gasteiger charge is 2.13. The molecule has 130 valence electrons. The lowest BCUT2D eigenvalue weighted by Gasteiger charge is -2.07. The predicted octanol–water partition coefficient (Wildman–Crippen LogP) is 2.24. The van der Waals surface area contributed by atoms with Gasteiger partial charge in [0.05, 0.1) is 0 Å². The van der Waals surface area contributed by atoms with Crippen LogP contribution in [0, 0.1) is 0 Å². The largest absolute Gasteiger partial charge is 0.454 e. The number of aromatic nitrogens is 1. The Balaban J connectivity index is 1.35. The van der Waals surface area contributed by atoms with Crippen molar-refractivity contribution in [1.29, 1.82) is 0 Å². The maximum absolute atomic E-state index is 11.9. The number of carbonyl (C=O) groups is 2. The average Bonchev–Trinajstić information content (AvgIpc) is 3.08. The first-order valence-electron chi connectivity index (χ1n) is 8.07. The van der Waals surface area contributed by atoms with Crippen molar-refractivity contribution in [3.63, 3.8) is 0 Å². The second-order valence-corrected chi connectivity index (χ2v) is 5.58. The zero-order valence-corrected chi connectivity index (χ0v) is 13.7. The van der Waals surface area contributed by atoms with Crippen molar-refractivity contribution < 1.29 is 19.1 Å². The summed E-state index contributed by atoms with van der Waals surface area (Å²) in [6, 6.07) is 10.9. The Bertz CT molecular complexity index is 749. The quantitative estimate of drug-likeness (QED) is 0.806. The molecule has 0 fully saturated rings. The summed E-state index contributed by atoms with van der Waals surface area (Å²) in [6.07, 6.45) is 2.65. The minimum atomic E-state index is -0.151. The lowest BCUT2D eigenvalue weighted by atomic mass is 10.2. The Kier molecular flexibility index (Phi) is 5.46. The van der Waals surface area contributed by atoms with Crippen molar-refractivity contribution in [1.82, 2.24) is 10.3 Å². The van der Waals surface area contributed by atoms with Crippen LogP contribution in [0.3, 0.4) is 0 Å². The second-order valence-electron chi connectivity index (χ2n) is 5.58. The molecule has 1 aromatic heterocycles. The van der Waals surface area contributed by atoms with Crippen molar-refractivity contribution in [2.45, 2.75) is 25.8 Å². The van der Waals surface area contributed by atoms with Gasteiger partial charge in [0.2, 0.25) is 18.6 Å². The van der Waals surface area contributed by atoms with Crippen LogP contribution in [0.15, 0.2) is 42.6 Å². The van der Waals surface area contributed by atoms with E-state index >= 15 is 0 Å². The first-order chi connectivity index (χ1) is 12.2. The van der Waals surface area contributed by atoms with Crippen LogP contribution in [0.1, 0.15) is 24.8 Å². The van der Waals surface area contributed by atoms with Crippen molar-refractivity contribution in [3.8, 4) is 11.5 Å². The SMILES string of the molecule is O=C(CCCC(=O)Nc1ccccn1)NCc1ccc2c(c1)OCO2. The van der Waals surface area contributed by atoms with Crippen LogP contribution in [-0.2, 0) is 16.1 Å². The normalized spacial score (nSPS) is 11.8. The van der Waals surface area contributed by atoms with Crippen molar-refractivity contribution in [2.75, 3.05) is 12.1 Å². The minimum absolute atomic E-state index is 0.0942. The number of anilines is 1. The van der Waals surface area contributed by atoms with Gasteiger partial charge in [-0.05, 0) is 36.2 Å². The number of hydrogen-bond acceptors (Lipinski definition) is 5. The lowest BCUT2D eigenvalue weighted by molar-refractivity contribution is -0.121. The highest BCUT2D eigenvalue weighted by Crippen LogP contribution is 2.32. The van der Waals surface area contributed by atoms with Gasteiger partial charge in [0, 0.05) is 25.6 Å². The van der Waals surface area contributed by atoms with E-state index in [1.165, 1.54) is 0 Å². The van der Waals surface area contributed by atoms with E-state index in [0.717, 1.165) is 5.56 Å². The van der Waals surface area contributed by atoms with Gasteiger partial charge in [-0.2, -0.15) is 0 Å². The monoisotopic (exact) mass is 341 g/mol. The first kappa shape index (κ1) is 16.8. The standard InChI is InChI=1S/C18H19N3O4/c22-17(5-3-6-18(23)21-16-4-1-2-9-19-16)20-11-13-7-8-14-15(10-13)25-12-24-14/h1-2,4,7-10H,3,5-6,11-12H2,(H,20,22)(H,19,21,23). The van der Waals surface area contributed by atoms with E-state index in [9.17, 15) is 9.59 Å². The van der Waals surface area contributed by atoms with Gasteiger partial charge in [0.15, 0.2) is 11.5 Å². The number of fused-ring (bicyclic) bond motifs is 1. The van der Waals surface area contributed by atoms with Crippen LogP contribution < -0.4 is 20.1 Å². The fourth-order valence-corrected chi connectivity index (χ4v) is 2.39. The number of rotatable bonds is 7. The molecule has 1 aliphatic rings. The number of amides is 2. The summed E-state index contributed by atoms with van der Waals surface area (Å²) in [4.78, 5) is 27.7. The van der Waals surface area contributed by atoms with Crippen LogP contribution in [0.2, 0.25) is 0 Å². The first-order valence-corrected chi connectivity index (χ1v) is 8.07. The molecule has 25 heavy (non-hydrogen) atoms. The lowest BCUT2D eigenvalue weighted by Crippen LogP contribution is -2.23. The molecule has 0 saturated heterocycles. The van der Waals surface area contributed by atoms with Gasteiger partial charge in [-0.3, -0.25) is 9.59 Å². The summed E-state index contributed by atoms with van der Waals surface area (Å²) in [5.74, 6) is 1.68. The van der Waals surface area contributed by atoms with E-state index in [2.05, 4.69) is 15.6 Å². The molecule has 0 unspecified atom stereocenters. The van der Waals surface area contributed by atoms with Gasteiger partial charge in [-0.25, -0.2) is 4.98 Å². The maximum Gasteiger partial charge on any atom is 0.231 e. The van der Waals surface area contributed by atoms with Crippen LogP contribution in [-0.4, -0.2) is 23.6 Å². The van der Waals surface area contributed by atoms with E-state index in [1.54, 1.807) is 24.4 Å². The maximum atomic E-state index is 11.9. The number of ether oxygens (including phenoxy) is 2. The summed E-state index contributed by atoms with van der Waals surface area (Å²) in [5.41, 5.74) is 0.936. The smallest absolute Gasteiger partial charge is 0.231 e. The third-order valence-electron chi connectivity index (χ3n) is 3.67. The minimum Gasteiger partial charge on any atom is -0.454 e. The zero-order valence-electron chi connectivity index (χ0n) is 13.7. The molecule has 0 aliphatic carbocycles. The highest BCUT2D eigenvalue weighted by molar-refractivity contribution is 5.90. The van der Waals surface area contributed by atoms with E-state index in [0.29, 0.717) is 36.7 Å². The van der Waals surface area contributed by atoms with Gasteiger partial charge in [-0.1, -0.05) is 12.1 Å². The molecule has 1 aliphatic heterocycles. The molecular weight excluding hydrogens is 322 g/mol. The predicted molar refractivity (Wildman–Crippen MR) is 91.1 cm³/mol. The number of pyridine rings is 1. The summed E-state index contributed by atoms with van der Waals surface area (Å²) in [6.45, 7) is 0.640. The van der Waals surface area contributed by atoms with Gasteiger partial charge in [0.25, 0.3) is 0 Å². The van der Waals surface area contributed by atoms with Crippen molar-refractivity contribution >= 4 is 17.6 Å². The molecule has 3 rings (SSSR count). The molecular formula is C18H19N3O4. The molecule has 2 amide bonds. The number of nitrogens with zero attached hydrogens (tertiary/aromatic N) is 1. The summed E-state index contributed by atoms with van der Waals surface area (Å²) in [5, 5.41) is 5.52. The zero-order chi connectivity index (χ0) is 17.5. The Labute approximate surface area is 145 Å². The fourth-order valence-electron chi connectivity index (χ4n) is 2.39. The number of benzene rings is 1. The molecule has 0 saturated carbocycles. The Morgan fingerprint density at radius 3 is 2.72 bits per heavy atom.